The van der Waals surface area contributed by atoms with Crippen molar-refractivity contribution in [3.8, 4) is 22.4 Å². The maximum atomic E-state index is 6.17. The summed E-state index contributed by atoms with van der Waals surface area (Å²) in [6, 6.07) is 14.7. The summed E-state index contributed by atoms with van der Waals surface area (Å²) in [5, 5.41) is 4.45. The van der Waals surface area contributed by atoms with Crippen LogP contribution in [0.4, 0.5) is 5.82 Å². The van der Waals surface area contributed by atoms with Crippen molar-refractivity contribution >= 4 is 11.5 Å². The number of benzene rings is 1. The summed E-state index contributed by atoms with van der Waals surface area (Å²) >= 11 is 0. The van der Waals surface area contributed by atoms with Crippen LogP contribution in [0.3, 0.4) is 0 Å². The molecule has 5 rings (SSSR count). The number of aromatic nitrogens is 4. The number of nitrogens with zero attached hydrogens (tertiary/aromatic N) is 5. The Labute approximate surface area is 175 Å². The lowest BCUT2D eigenvalue weighted by Gasteiger charge is -2.30. The molecule has 7 heteroatoms. The lowest BCUT2D eigenvalue weighted by atomic mass is 10.0. The predicted molar refractivity (Wildman–Crippen MR) is 119 cm³/mol. The van der Waals surface area contributed by atoms with Gasteiger partial charge < -0.3 is 11.5 Å². The number of hydrogen-bond donors (Lipinski definition) is 2. The van der Waals surface area contributed by atoms with E-state index in [0.29, 0.717) is 17.5 Å². The van der Waals surface area contributed by atoms with Gasteiger partial charge in [-0.25, -0.2) is 9.50 Å². The highest BCUT2D eigenvalue weighted by Gasteiger charge is 2.17. The van der Waals surface area contributed by atoms with Crippen LogP contribution in [0.25, 0.3) is 28.0 Å². The summed E-state index contributed by atoms with van der Waals surface area (Å²) < 4.78 is 1.74. The third-order valence-electron chi connectivity index (χ3n) is 5.75. The van der Waals surface area contributed by atoms with Crippen LogP contribution in [-0.4, -0.2) is 43.6 Å². The molecule has 0 unspecified atom stereocenters. The Balaban J connectivity index is 1.39. The van der Waals surface area contributed by atoms with Crippen LogP contribution in [-0.2, 0) is 6.54 Å². The monoisotopic (exact) mass is 399 g/mol. The number of piperidine rings is 1. The minimum absolute atomic E-state index is 0.362. The van der Waals surface area contributed by atoms with Gasteiger partial charge in [-0.05, 0) is 49.2 Å². The molecule has 4 aromatic rings. The van der Waals surface area contributed by atoms with E-state index >= 15 is 0 Å². The Morgan fingerprint density at radius 1 is 0.967 bits per heavy atom. The van der Waals surface area contributed by atoms with Gasteiger partial charge in [-0.3, -0.25) is 9.88 Å². The molecular formula is C23H25N7. The van der Waals surface area contributed by atoms with Gasteiger partial charge in [-0.1, -0.05) is 30.3 Å². The smallest absolute Gasteiger partial charge is 0.166 e. The van der Waals surface area contributed by atoms with Gasteiger partial charge in [0.15, 0.2) is 11.5 Å². The molecule has 30 heavy (non-hydrogen) atoms. The molecule has 0 amide bonds. The first kappa shape index (κ1) is 18.7. The van der Waals surface area contributed by atoms with E-state index in [0.717, 1.165) is 54.9 Å². The van der Waals surface area contributed by atoms with Crippen LogP contribution < -0.4 is 11.5 Å². The number of rotatable bonds is 4. The van der Waals surface area contributed by atoms with E-state index in [2.05, 4.69) is 44.2 Å². The van der Waals surface area contributed by atoms with E-state index in [1.807, 2.05) is 30.6 Å². The van der Waals surface area contributed by atoms with Gasteiger partial charge in [0, 0.05) is 36.7 Å². The van der Waals surface area contributed by atoms with Gasteiger partial charge in [0.2, 0.25) is 0 Å². The van der Waals surface area contributed by atoms with Crippen molar-refractivity contribution in [3.63, 3.8) is 0 Å². The SMILES string of the molecule is Nc1nn2cc(-c3ccc(CN4CCC(N)CC4)cc3)cnc2c1-c1ccccn1. The maximum absolute atomic E-state index is 6.17. The van der Waals surface area contributed by atoms with Gasteiger partial charge in [0.25, 0.3) is 0 Å². The molecule has 1 fully saturated rings. The third kappa shape index (κ3) is 3.65. The number of nitrogens with two attached hydrogens (primary N) is 2. The summed E-state index contributed by atoms with van der Waals surface area (Å²) in [7, 11) is 0. The van der Waals surface area contributed by atoms with Crippen LogP contribution in [0.15, 0.2) is 61.1 Å². The molecule has 0 aliphatic carbocycles. The van der Waals surface area contributed by atoms with Gasteiger partial charge in [0.1, 0.15) is 0 Å². The first-order chi connectivity index (χ1) is 14.7. The summed E-state index contributed by atoms with van der Waals surface area (Å²) in [6.45, 7) is 3.11. The highest BCUT2D eigenvalue weighted by molar-refractivity contribution is 5.84. The van der Waals surface area contributed by atoms with E-state index in [4.69, 9.17) is 11.5 Å². The second kappa shape index (κ2) is 7.85. The minimum atomic E-state index is 0.362. The number of pyridine rings is 1. The molecule has 1 aromatic carbocycles. The van der Waals surface area contributed by atoms with E-state index in [-0.39, 0.29) is 0 Å². The molecule has 0 saturated carbocycles. The van der Waals surface area contributed by atoms with Crippen LogP contribution >= 0.6 is 0 Å². The minimum Gasteiger partial charge on any atom is -0.382 e. The average Bonchev–Trinajstić information content (AvgIpc) is 3.11. The number of nitrogen functional groups attached to an aromatic ring is 1. The third-order valence-corrected chi connectivity index (χ3v) is 5.75. The number of likely N-dealkylation sites (tertiary alicyclic amines) is 1. The normalized spacial score (nSPS) is 15.6. The zero-order chi connectivity index (χ0) is 20.5. The summed E-state index contributed by atoms with van der Waals surface area (Å²) in [4.78, 5) is 11.5. The van der Waals surface area contributed by atoms with Gasteiger partial charge in [-0.2, -0.15) is 0 Å². The summed E-state index contributed by atoms with van der Waals surface area (Å²) in [5.74, 6) is 0.426. The maximum Gasteiger partial charge on any atom is 0.166 e. The molecule has 4 N–H and O–H groups in total. The Kier molecular flexibility index (Phi) is 4.90. The highest BCUT2D eigenvalue weighted by Crippen LogP contribution is 2.29. The van der Waals surface area contributed by atoms with Gasteiger partial charge >= 0.3 is 0 Å². The van der Waals surface area contributed by atoms with E-state index in [1.54, 1.807) is 10.7 Å². The molecular weight excluding hydrogens is 374 g/mol. The molecule has 0 atom stereocenters. The molecule has 1 aliphatic heterocycles. The first-order valence-electron chi connectivity index (χ1n) is 10.3. The second-order valence-corrected chi connectivity index (χ2v) is 7.90. The topological polar surface area (TPSA) is 98.4 Å². The Bertz CT molecular complexity index is 1140. The van der Waals surface area contributed by atoms with Crippen LogP contribution in [0, 0.1) is 0 Å². The standard InChI is InChI=1S/C23H25N7/c24-19-8-11-29(12-9-19)14-16-4-6-17(7-5-16)18-13-27-23-21(20-3-1-2-10-26-20)22(25)28-30(23)15-18/h1-7,10,13,15,19H,8-9,11-12,14,24H2,(H2,25,28). The molecule has 0 radical (unpaired) electrons. The Morgan fingerprint density at radius 2 is 1.77 bits per heavy atom. The van der Waals surface area contributed by atoms with E-state index in [1.165, 1.54) is 5.56 Å². The fourth-order valence-electron chi connectivity index (χ4n) is 4.03. The van der Waals surface area contributed by atoms with Crippen molar-refractivity contribution in [1.29, 1.82) is 0 Å². The quantitative estimate of drug-likeness (QED) is 0.547. The summed E-state index contributed by atoms with van der Waals surface area (Å²) in [6.07, 6.45) is 7.73. The van der Waals surface area contributed by atoms with Crippen molar-refractivity contribution in [2.45, 2.75) is 25.4 Å². The lowest BCUT2D eigenvalue weighted by molar-refractivity contribution is 0.205. The number of anilines is 1. The predicted octanol–water partition coefficient (Wildman–Crippen LogP) is 2.96. The van der Waals surface area contributed by atoms with Crippen molar-refractivity contribution in [3.05, 3.63) is 66.6 Å². The molecule has 7 nitrogen and oxygen atoms in total. The second-order valence-electron chi connectivity index (χ2n) is 7.90. The number of fused-ring (bicyclic) bond motifs is 1. The molecule has 0 spiro atoms. The van der Waals surface area contributed by atoms with Crippen molar-refractivity contribution in [1.82, 2.24) is 24.5 Å². The van der Waals surface area contributed by atoms with Crippen LogP contribution in [0.2, 0.25) is 0 Å². The zero-order valence-electron chi connectivity index (χ0n) is 16.8. The molecule has 152 valence electrons. The largest absolute Gasteiger partial charge is 0.382 e. The van der Waals surface area contributed by atoms with Crippen LogP contribution in [0.1, 0.15) is 18.4 Å². The fourth-order valence-corrected chi connectivity index (χ4v) is 4.03. The Morgan fingerprint density at radius 3 is 2.50 bits per heavy atom. The molecule has 1 aliphatic rings. The van der Waals surface area contributed by atoms with Crippen molar-refractivity contribution < 1.29 is 0 Å². The van der Waals surface area contributed by atoms with E-state index in [9.17, 15) is 0 Å². The highest BCUT2D eigenvalue weighted by atomic mass is 15.3. The Hall–Kier alpha value is -3.29. The first-order valence-corrected chi connectivity index (χ1v) is 10.3. The van der Waals surface area contributed by atoms with Crippen LogP contribution in [0.5, 0.6) is 0 Å². The number of hydrogen-bond acceptors (Lipinski definition) is 6. The van der Waals surface area contributed by atoms with Gasteiger partial charge in [0.05, 0.1) is 11.3 Å². The summed E-state index contributed by atoms with van der Waals surface area (Å²) in [5.41, 5.74) is 17.8. The fraction of sp³-hybridized carbons (Fsp3) is 0.261. The molecule has 4 heterocycles. The average molecular weight is 400 g/mol. The molecule has 3 aromatic heterocycles. The molecule has 0 bridgehead atoms. The molecule has 1 saturated heterocycles. The van der Waals surface area contributed by atoms with Crippen molar-refractivity contribution in [2.75, 3.05) is 18.8 Å². The van der Waals surface area contributed by atoms with E-state index < -0.39 is 0 Å². The zero-order valence-corrected chi connectivity index (χ0v) is 16.8. The van der Waals surface area contributed by atoms with Gasteiger partial charge in [-0.15, -0.1) is 5.10 Å². The lowest BCUT2D eigenvalue weighted by Crippen LogP contribution is -2.39. The van der Waals surface area contributed by atoms with Crippen molar-refractivity contribution in [2.24, 2.45) is 5.73 Å².